The first-order valence-corrected chi connectivity index (χ1v) is 11.7. The SMILES string of the molecule is Cc1cc(OCCCC(=O)Nc2nc3c(s2)CN(Cc2ccccc2)CC3)ccc1Cl. The predicted molar refractivity (Wildman–Crippen MR) is 126 cm³/mol. The molecule has 3 aromatic rings. The first-order chi connectivity index (χ1) is 15.1. The highest BCUT2D eigenvalue weighted by Gasteiger charge is 2.21. The number of aryl methyl sites for hydroxylation is 1. The van der Waals surface area contributed by atoms with E-state index in [1.165, 1.54) is 10.4 Å². The normalized spacial score (nSPS) is 13.6. The van der Waals surface area contributed by atoms with Crippen molar-refractivity contribution < 1.29 is 9.53 Å². The number of fused-ring (bicyclic) bond motifs is 1. The third kappa shape index (κ3) is 6.06. The van der Waals surface area contributed by atoms with E-state index >= 15 is 0 Å². The van der Waals surface area contributed by atoms with Gasteiger partial charge in [-0.1, -0.05) is 41.9 Å². The number of halogens is 1. The van der Waals surface area contributed by atoms with Gasteiger partial charge in [0.1, 0.15) is 5.75 Å². The molecular formula is C24H26ClN3O2S. The maximum absolute atomic E-state index is 12.3. The number of carbonyl (C=O) groups is 1. The predicted octanol–water partition coefficient (Wildman–Crippen LogP) is 5.46. The number of anilines is 1. The van der Waals surface area contributed by atoms with Gasteiger partial charge in [0.15, 0.2) is 5.13 Å². The number of thiazole rings is 1. The minimum Gasteiger partial charge on any atom is -0.494 e. The molecule has 0 saturated heterocycles. The lowest BCUT2D eigenvalue weighted by molar-refractivity contribution is -0.116. The van der Waals surface area contributed by atoms with Gasteiger partial charge in [-0.15, -0.1) is 11.3 Å². The zero-order valence-electron chi connectivity index (χ0n) is 17.6. The fourth-order valence-electron chi connectivity index (χ4n) is 3.59. The monoisotopic (exact) mass is 455 g/mol. The van der Waals surface area contributed by atoms with E-state index in [1.807, 2.05) is 31.2 Å². The van der Waals surface area contributed by atoms with Crippen molar-refractivity contribution in [1.29, 1.82) is 0 Å². The van der Waals surface area contributed by atoms with Crippen LogP contribution in [0.5, 0.6) is 5.75 Å². The molecule has 4 rings (SSSR count). The topological polar surface area (TPSA) is 54.5 Å². The number of ether oxygens (including phenoxy) is 1. The molecule has 1 aliphatic heterocycles. The molecule has 0 bridgehead atoms. The summed E-state index contributed by atoms with van der Waals surface area (Å²) < 4.78 is 5.71. The molecule has 162 valence electrons. The molecule has 0 atom stereocenters. The van der Waals surface area contributed by atoms with E-state index < -0.39 is 0 Å². The van der Waals surface area contributed by atoms with Crippen LogP contribution < -0.4 is 10.1 Å². The Morgan fingerprint density at radius 3 is 2.90 bits per heavy atom. The van der Waals surface area contributed by atoms with Crippen LogP contribution in [0.4, 0.5) is 5.13 Å². The van der Waals surface area contributed by atoms with E-state index in [4.69, 9.17) is 16.3 Å². The van der Waals surface area contributed by atoms with Gasteiger partial charge in [0.25, 0.3) is 0 Å². The highest BCUT2D eigenvalue weighted by Crippen LogP contribution is 2.29. The fraction of sp³-hybridized carbons (Fsp3) is 0.333. The maximum atomic E-state index is 12.3. The van der Waals surface area contributed by atoms with Gasteiger partial charge in [-0.2, -0.15) is 0 Å². The molecule has 7 heteroatoms. The Morgan fingerprint density at radius 1 is 1.26 bits per heavy atom. The van der Waals surface area contributed by atoms with Gasteiger partial charge >= 0.3 is 0 Å². The fourth-order valence-corrected chi connectivity index (χ4v) is 4.77. The van der Waals surface area contributed by atoms with Crippen molar-refractivity contribution >= 4 is 34.0 Å². The molecule has 0 fully saturated rings. The number of hydrogen-bond donors (Lipinski definition) is 1. The Morgan fingerprint density at radius 2 is 2.10 bits per heavy atom. The molecule has 0 saturated carbocycles. The second kappa shape index (κ2) is 10.3. The summed E-state index contributed by atoms with van der Waals surface area (Å²) in [5.41, 5.74) is 3.41. The Hall–Kier alpha value is -2.41. The lowest BCUT2D eigenvalue weighted by Crippen LogP contribution is -2.29. The van der Waals surface area contributed by atoms with Gasteiger partial charge in [-0.25, -0.2) is 4.98 Å². The van der Waals surface area contributed by atoms with Crippen LogP contribution in [-0.2, 0) is 24.3 Å². The van der Waals surface area contributed by atoms with Crippen molar-refractivity contribution in [1.82, 2.24) is 9.88 Å². The van der Waals surface area contributed by atoms with E-state index in [1.54, 1.807) is 11.3 Å². The average molecular weight is 456 g/mol. The lowest BCUT2D eigenvalue weighted by Gasteiger charge is -2.25. The van der Waals surface area contributed by atoms with Gasteiger partial charge in [-0.05, 0) is 42.7 Å². The van der Waals surface area contributed by atoms with Gasteiger partial charge in [0, 0.05) is 42.4 Å². The number of aromatic nitrogens is 1. The van der Waals surface area contributed by atoms with Crippen LogP contribution in [0.1, 0.15) is 34.5 Å². The molecule has 1 aromatic heterocycles. The van der Waals surface area contributed by atoms with Crippen molar-refractivity contribution in [2.45, 2.75) is 39.3 Å². The molecule has 5 nitrogen and oxygen atoms in total. The lowest BCUT2D eigenvalue weighted by atomic mass is 10.1. The second-order valence-electron chi connectivity index (χ2n) is 7.75. The molecule has 2 heterocycles. The summed E-state index contributed by atoms with van der Waals surface area (Å²) in [7, 11) is 0. The van der Waals surface area contributed by atoms with Gasteiger partial charge in [0.05, 0.1) is 12.3 Å². The van der Waals surface area contributed by atoms with Crippen molar-refractivity contribution in [3.63, 3.8) is 0 Å². The van der Waals surface area contributed by atoms with Crippen LogP contribution >= 0.6 is 22.9 Å². The molecule has 1 amide bonds. The van der Waals surface area contributed by atoms with Crippen molar-refractivity contribution in [2.24, 2.45) is 0 Å². The maximum Gasteiger partial charge on any atom is 0.226 e. The van der Waals surface area contributed by atoms with Gasteiger partial charge < -0.3 is 10.1 Å². The first kappa shape index (κ1) is 21.8. The Kier molecular flexibility index (Phi) is 7.22. The number of benzene rings is 2. The number of hydrogen-bond acceptors (Lipinski definition) is 5. The average Bonchev–Trinajstić information content (AvgIpc) is 3.16. The summed E-state index contributed by atoms with van der Waals surface area (Å²) in [4.78, 5) is 20.6. The van der Waals surface area contributed by atoms with Crippen molar-refractivity contribution in [2.75, 3.05) is 18.5 Å². The minimum atomic E-state index is -0.0249. The third-order valence-electron chi connectivity index (χ3n) is 5.25. The van der Waals surface area contributed by atoms with E-state index in [0.717, 1.165) is 48.1 Å². The molecule has 0 aliphatic carbocycles. The van der Waals surface area contributed by atoms with E-state index in [0.29, 0.717) is 24.6 Å². The highest BCUT2D eigenvalue weighted by molar-refractivity contribution is 7.15. The van der Waals surface area contributed by atoms with Crippen LogP contribution in [0.2, 0.25) is 5.02 Å². The number of rotatable bonds is 8. The molecule has 1 aliphatic rings. The van der Waals surface area contributed by atoms with Crippen LogP contribution in [0.15, 0.2) is 48.5 Å². The summed E-state index contributed by atoms with van der Waals surface area (Å²) in [6.45, 7) is 5.23. The number of nitrogens with one attached hydrogen (secondary N) is 1. The molecule has 31 heavy (non-hydrogen) atoms. The third-order valence-corrected chi connectivity index (χ3v) is 6.67. The zero-order chi connectivity index (χ0) is 21.6. The van der Waals surface area contributed by atoms with Crippen LogP contribution in [0.3, 0.4) is 0 Å². The van der Waals surface area contributed by atoms with E-state index in [2.05, 4.69) is 39.5 Å². The molecular weight excluding hydrogens is 430 g/mol. The number of carbonyl (C=O) groups excluding carboxylic acids is 1. The van der Waals surface area contributed by atoms with Gasteiger partial charge in [0.2, 0.25) is 5.91 Å². The molecule has 1 N–H and O–H groups in total. The summed E-state index contributed by atoms with van der Waals surface area (Å²) in [5.74, 6) is 0.748. The Labute approximate surface area is 192 Å². The largest absolute Gasteiger partial charge is 0.494 e. The van der Waals surface area contributed by atoms with Crippen molar-refractivity contribution in [3.8, 4) is 5.75 Å². The van der Waals surface area contributed by atoms with E-state index in [-0.39, 0.29) is 5.91 Å². The minimum absolute atomic E-state index is 0.0249. The summed E-state index contributed by atoms with van der Waals surface area (Å²) >= 11 is 7.61. The smallest absolute Gasteiger partial charge is 0.226 e. The quantitative estimate of drug-likeness (QED) is 0.458. The highest BCUT2D eigenvalue weighted by atomic mass is 35.5. The molecule has 0 unspecified atom stereocenters. The first-order valence-electron chi connectivity index (χ1n) is 10.5. The van der Waals surface area contributed by atoms with Gasteiger partial charge in [-0.3, -0.25) is 9.69 Å². The van der Waals surface area contributed by atoms with Crippen molar-refractivity contribution in [3.05, 3.63) is 75.3 Å². The second-order valence-corrected chi connectivity index (χ2v) is 9.24. The standard InChI is InChI=1S/C24H26ClN3O2S/c1-17-14-19(9-10-20(17)25)30-13-5-8-23(29)27-24-26-21-11-12-28(16-22(21)31-24)15-18-6-3-2-4-7-18/h2-4,6-7,9-10,14H,5,8,11-13,15-16H2,1H3,(H,26,27,29). The van der Waals surface area contributed by atoms with Crippen LogP contribution in [-0.4, -0.2) is 28.9 Å². The van der Waals surface area contributed by atoms with Crippen LogP contribution in [0, 0.1) is 6.92 Å². The number of amides is 1. The Balaban J connectivity index is 1.22. The molecule has 2 aromatic carbocycles. The number of nitrogens with zero attached hydrogens (tertiary/aromatic N) is 2. The molecule has 0 radical (unpaired) electrons. The summed E-state index contributed by atoms with van der Waals surface area (Å²) in [6.07, 6.45) is 1.96. The zero-order valence-corrected chi connectivity index (χ0v) is 19.1. The van der Waals surface area contributed by atoms with E-state index in [9.17, 15) is 4.79 Å². The summed E-state index contributed by atoms with van der Waals surface area (Å²) in [6, 6.07) is 16.1. The van der Waals surface area contributed by atoms with Crippen LogP contribution in [0.25, 0.3) is 0 Å². The summed E-state index contributed by atoms with van der Waals surface area (Å²) in [5, 5.41) is 4.38. The molecule has 0 spiro atoms. The Bertz CT molecular complexity index is 1040.